The lowest BCUT2D eigenvalue weighted by molar-refractivity contribution is 0.00215. The molecule has 1 aromatic rings. The third-order valence-corrected chi connectivity index (χ3v) is 3.40. The van der Waals surface area contributed by atoms with Crippen LogP contribution in [0.15, 0.2) is 24.3 Å². The number of hydrogen-bond donors (Lipinski definition) is 2. The predicted molar refractivity (Wildman–Crippen MR) is 72.5 cm³/mol. The van der Waals surface area contributed by atoms with Crippen LogP contribution in [-0.4, -0.2) is 53.1 Å². The van der Waals surface area contributed by atoms with Crippen molar-refractivity contribution in [3.8, 4) is 6.07 Å². The first-order valence-corrected chi connectivity index (χ1v) is 6.46. The molecule has 0 aromatic heterocycles. The Hall–Kier alpha value is -1.45. The topological polar surface area (TPSA) is 76.7 Å². The van der Waals surface area contributed by atoms with Crippen LogP contribution >= 0.6 is 0 Å². The van der Waals surface area contributed by atoms with E-state index < -0.39 is 24.4 Å². The van der Waals surface area contributed by atoms with Gasteiger partial charge in [-0.1, -0.05) is 12.1 Å². The molecule has 1 aliphatic rings. The van der Waals surface area contributed by atoms with Crippen molar-refractivity contribution in [1.82, 2.24) is 4.90 Å². The molecule has 4 atom stereocenters. The Bertz CT molecular complexity index is 500. The molecule has 5 nitrogen and oxygen atoms in total. The highest BCUT2D eigenvalue weighted by Crippen LogP contribution is 2.21. The highest BCUT2D eigenvalue weighted by Gasteiger charge is 2.40. The summed E-state index contributed by atoms with van der Waals surface area (Å²) < 4.78 is 5.32. The number of ether oxygens (including phenoxy) is 1. The summed E-state index contributed by atoms with van der Waals surface area (Å²) in [6, 6.07) is 9.44. The molecule has 1 unspecified atom stereocenters. The molecule has 0 saturated carbocycles. The number of rotatable bonds is 4. The Morgan fingerprint density at radius 1 is 1.40 bits per heavy atom. The van der Waals surface area contributed by atoms with Crippen LogP contribution in [0.2, 0.25) is 0 Å². The van der Waals surface area contributed by atoms with Crippen LogP contribution in [0.3, 0.4) is 0 Å². The molecule has 20 heavy (non-hydrogen) atoms. The molecule has 0 bridgehead atoms. The number of nitrogens with zero attached hydrogens (tertiary/aromatic N) is 2. The third kappa shape index (κ3) is 3.35. The Balaban J connectivity index is 1.93. The first-order valence-electron chi connectivity index (χ1n) is 6.46. The van der Waals surface area contributed by atoms with Gasteiger partial charge in [-0.3, -0.25) is 4.90 Å². The Morgan fingerprint density at radius 3 is 2.75 bits per heavy atom. The van der Waals surface area contributed by atoms with E-state index in [1.807, 2.05) is 30.1 Å². The van der Waals surface area contributed by atoms with E-state index in [9.17, 15) is 10.2 Å². The molecule has 1 heterocycles. The molecule has 2 radical (unpaired) electrons. The van der Waals surface area contributed by atoms with Gasteiger partial charge in [-0.25, -0.2) is 0 Å². The SMILES string of the molecule is [CH][C@@H]1O[C@H](CN(C)Cc2cccc(C#N)c2)[C@H](O)C1O. The zero-order valence-electron chi connectivity index (χ0n) is 11.3. The lowest BCUT2D eigenvalue weighted by Crippen LogP contribution is -2.38. The van der Waals surface area contributed by atoms with Gasteiger partial charge in [0, 0.05) is 13.1 Å². The molecule has 1 saturated heterocycles. The summed E-state index contributed by atoms with van der Waals surface area (Å²) in [4.78, 5) is 1.95. The van der Waals surface area contributed by atoms with Crippen molar-refractivity contribution in [2.45, 2.75) is 31.0 Å². The number of nitriles is 1. The molecular formula is C15H18N2O3. The molecular weight excluding hydrogens is 256 g/mol. The average molecular weight is 274 g/mol. The maximum atomic E-state index is 9.80. The van der Waals surface area contributed by atoms with E-state index in [0.29, 0.717) is 18.7 Å². The van der Waals surface area contributed by atoms with E-state index in [-0.39, 0.29) is 0 Å². The zero-order valence-corrected chi connectivity index (χ0v) is 11.3. The second kappa shape index (κ2) is 6.33. The molecule has 0 aliphatic carbocycles. The van der Waals surface area contributed by atoms with E-state index in [1.165, 1.54) is 0 Å². The second-order valence-electron chi connectivity index (χ2n) is 5.13. The summed E-state index contributed by atoms with van der Waals surface area (Å²) >= 11 is 0. The summed E-state index contributed by atoms with van der Waals surface area (Å²) in [6.07, 6.45) is -3.37. The maximum Gasteiger partial charge on any atom is 0.110 e. The van der Waals surface area contributed by atoms with Gasteiger partial charge in [0.2, 0.25) is 0 Å². The van der Waals surface area contributed by atoms with Crippen molar-refractivity contribution < 1.29 is 14.9 Å². The number of aliphatic hydroxyl groups excluding tert-OH is 2. The monoisotopic (exact) mass is 274 g/mol. The standard InChI is InChI=1S/C15H18N2O3/c1-10-14(18)15(19)13(20-10)9-17(2)8-12-5-3-4-11(6-12)7-16/h1,3-6,10,13-15,18-19H,8-9H2,2H3/t10-,13+,14?,15-/m0/s1. The molecule has 2 rings (SSSR count). The Labute approximate surface area is 119 Å². The van der Waals surface area contributed by atoms with Crippen LogP contribution in [0.1, 0.15) is 11.1 Å². The second-order valence-corrected chi connectivity index (χ2v) is 5.13. The molecule has 106 valence electrons. The fourth-order valence-electron chi connectivity index (χ4n) is 2.35. The first kappa shape index (κ1) is 14.9. The van der Waals surface area contributed by atoms with Crippen LogP contribution in [0.4, 0.5) is 0 Å². The van der Waals surface area contributed by atoms with Crippen molar-refractivity contribution in [2.24, 2.45) is 0 Å². The average Bonchev–Trinajstić information content (AvgIpc) is 2.66. The summed E-state index contributed by atoms with van der Waals surface area (Å²) in [5.41, 5.74) is 1.62. The molecule has 1 aromatic carbocycles. The van der Waals surface area contributed by atoms with Crippen molar-refractivity contribution in [1.29, 1.82) is 5.26 Å². The fourth-order valence-corrected chi connectivity index (χ4v) is 2.35. The van der Waals surface area contributed by atoms with Crippen LogP contribution < -0.4 is 0 Å². The van der Waals surface area contributed by atoms with Gasteiger partial charge in [0.25, 0.3) is 0 Å². The van der Waals surface area contributed by atoms with Crippen molar-refractivity contribution in [3.63, 3.8) is 0 Å². The number of hydrogen-bond acceptors (Lipinski definition) is 5. The van der Waals surface area contributed by atoms with Gasteiger partial charge < -0.3 is 14.9 Å². The fraction of sp³-hybridized carbons (Fsp3) is 0.467. The minimum Gasteiger partial charge on any atom is -0.388 e. The van der Waals surface area contributed by atoms with E-state index >= 15 is 0 Å². The van der Waals surface area contributed by atoms with Crippen LogP contribution in [0, 0.1) is 18.3 Å². The van der Waals surface area contributed by atoms with Crippen LogP contribution in [0.5, 0.6) is 0 Å². The number of benzene rings is 1. The molecule has 0 spiro atoms. The van der Waals surface area contributed by atoms with Gasteiger partial charge in [0.1, 0.15) is 12.2 Å². The number of likely N-dealkylation sites (N-methyl/N-ethyl adjacent to an activating group) is 1. The van der Waals surface area contributed by atoms with E-state index in [1.54, 1.807) is 6.07 Å². The number of aliphatic hydroxyl groups is 2. The molecule has 1 fully saturated rings. The molecule has 1 aliphatic heterocycles. The van der Waals surface area contributed by atoms with E-state index in [0.717, 1.165) is 5.56 Å². The summed E-state index contributed by atoms with van der Waals surface area (Å²) in [5.74, 6) is 0. The van der Waals surface area contributed by atoms with Gasteiger partial charge in [-0.15, -0.1) is 0 Å². The largest absolute Gasteiger partial charge is 0.388 e. The predicted octanol–water partition coefficient (Wildman–Crippen LogP) is 0.190. The van der Waals surface area contributed by atoms with Crippen molar-refractivity contribution in [3.05, 3.63) is 42.3 Å². The van der Waals surface area contributed by atoms with E-state index in [2.05, 4.69) is 6.07 Å². The van der Waals surface area contributed by atoms with Gasteiger partial charge >= 0.3 is 0 Å². The quantitative estimate of drug-likeness (QED) is 0.819. The Kier molecular flexibility index (Phi) is 4.73. The normalized spacial score (nSPS) is 29.6. The van der Waals surface area contributed by atoms with Crippen molar-refractivity contribution >= 4 is 0 Å². The third-order valence-electron chi connectivity index (χ3n) is 3.40. The van der Waals surface area contributed by atoms with Crippen molar-refractivity contribution in [2.75, 3.05) is 13.6 Å². The Morgan fingerprint density at radius 2 is 2.15 bits per heavy atom. The summed E-state index contributed by atoms with van der Waals surface area (Å²) in [7, 11) is 1.88. The smallest absolute Gasteiger partial charge is 0.110 e. The van der Waals surface area contributed by atoms with Gasteiger partial charge in [-0.2, -0.15) is 5.26 Å². The van der Waals surface area contributed by atoms with Crippen LogP contribution in [-0.2, 0) is 11.3 Å². The van der Waals surface area contributed by atoms with E-state index in [4.69, 9.17) is 16.9 Å². The highest BCUT2D eigenvalue weighted by atomic mass is 16.5. The van der Waals surface area contributed by atoms with Gasteiger partial charge in [-0.05, 0) is 31.7 Å². The zero-order chi connectivity index (χ0) is 14.7. The van der Waals surface area contributed by atoms with Gasteiger partial charge in [0.15, 0.2) is 0 Å². The summed E-state index contributed by atoms with van der Waals surface area (Å²) in [6.45, 7) is 6.60. The maximum absolute atomic E-state index is 9.80. The molecule has 5 heteroatoms. The minimum atomic E-state index is -1.05. The lowest BCUT2D eigenvalue weighted by atomic mass is 10.1. The highest BCUT2D eigenvalue weighted by molar-refractivity contribution is 5.32. The first-order chi connectivity index (χ1) is 9.51. The minimum absolute atomic E-state index is 0.447. The molecule has 0 amide bonds. The van der Waals surface area contributed by atoms with Crippen LogP contribution in [0.25, 0.3) is 0 Å². The summed E-state index contributed by atoms with van der Waals surface area (Å²) in [5, 5.41) is 28.2. The molecule has 2 N–H and O–H groups in total. The van der Waals surface area contributed by atoms with Gasteiger partial charge in [0.05, 0.1) is 23.8 Å². The lowest BCUT2D eigenvalue weighted by Gasteiger charge is -2.22.